The van der Waals surface area contributed by atoms with E-state index in [4.69, 9.17) is 5.41 Å². The monoisotopic (exact) mass is 298 g/mol. The van der Waals surface area contributed by atoms with Crippen molar-refractivity contribution in [2.24, 2.45) is 0 Å². The first-order chi connectivity index (χ1) is 10.5. The molecular weight excluding hydrogens is 288 g/mol. The van der Waals surface area contributed by atoms with Crippen LogP contribution in [0.15, 0.2) is 42.6 Å². The number of amides is 2. The highest BCUT2D eigenvalue weighted by molar-refractivity contribution is 6.21. The van der Waals surface area contributed by atoms with Gasteiger partial charge in [-0.25, -0.2) is 0 Å². The Hall–Kier alpha value is -3.29. The van der Waals surface area contributed by atoms with Crippen LogP contribution in [0.5, 0.6) is 0 Å². The van der Waals surface area contributed by atoms with Gasteiger partial charge >= 0.3 is 0 Å². The van der Waals surface area contributed by atoms with Crippen molar-refractivity contribution in [1.82, 2.24) is 9.47 Å². The molecule has 2 aromatic rings. The van der Waals surface area contributed by atoms with Crippen LogP contribution in [0.1, 0.15) is 20.7 Å². The maximum Gasteiger partial charge on any atom is 0.270 e. The maximum atomic E-state index is 12.3. The zero-order valence-electron chi connectivity index (χ0n) is 11.2. The average molecular weight is 298 g/mol. The Bertz CT molecular complexity index is 871. The van der Waals surface area contributed by atoms with Gasteiger partial charge in [0.1, 0.15) is 12.2 Å². The standard InChI is InChI=1S/C14H10N4O4/c15-12-3-1-2-6-16(12)8-17-13(19)10-5-4-9(18(21)22)7-11(10)14(17)20/h1-7,15H,8H2. The Labute approximate surface area is 123 Å². The van der Waals surface area contributed by atoms with Crippen molar-refractivity contribution in [2.45, 2.75) is 6.67 Å². The van der Waals surface area contributed by atoms with Crippen molar-refractivity contribution in [3.63, 3.8) is 0 Å². The lowest BCUT2D eigenvalue weighted by Crippen LogP contribution is -2.35. The topological polar surface area (TPSA) is 109 Å². The molecule has 1 aliphatic heterocycles. The fourth-order valence-electron chi connectivity index (χ4n) is 2.27. The van der Waals surface area contributed by atoms with Gasteiger partial charge in [0.25, 0.3) is 17.5 Å². The van der Waals surface area contributed by atoms with Gasteiger partial charge in [-0.15, -0.1) is 0 Å². The van der Waals surface area contributed by atoms with E-state index in [-0.39, 0.29) is 29.0 Å². The number of non-ortho nitro benzene ring substituents is 1. The molecule has 8 heteroatoms. The molecule has 22 heavy (non-hydrogen) atoms. The Morgan fingerprint density at radius 1 is 1.09 bits per heavy atom. The first kappa shape index (κ1) is 13.7. The summed E-state index contributed by atoms with van der Waals surface area (Å²) in [5, 5.41) is 18.5. The average Bonchev–Trinajstić information content (AvgIpc) is 2.74. The van der Waals surface area contributed by atoms with Crippen molar-refractivity contribution in [3.05, 3.63) is 69.3 Å². The molecular formula is C14H10N4O4. The summed E-state index contributed by atoms with van der Waals surface area (Å²) in [6.45, 7) is -0.111. The van der Waals surface area contributed by atoms with Crippen molar-refractivity contribution in [2.75, 3.05) is 0 Å². The van der Waals surface area contributed by atoms with E-state index in [9.17, 15) is 19.7 Å². The molecule has 0 fully saturated rings. The fraction of sp³-hybridized carbons (Fsp3) is 0.0714. The Kier molecular flexibility index (Phi) is 3.06. The van der Waals surface area contributed by atoms with E-state index in [0.29, 0.717) is 0 Å². The molecule has 1 aromatic carbocycles. The van der Waals surface area contributed by atoms with Gasteiger partial charge in [0.05, 0.1) is 16.1 Å². The van der Waals surface area contributed by atoms with E-state index in [1.54, 1.807) is 18.3 Å². The molecule has 0 atom stereocenters. The molecule has 1 aliphatic rings. The third-order valence-electron chi connectivity index (χ3n) is 3.40. The van der Waals surface area contributed by atoms with Crippen LogP contribution in [0, 0.1) is 15.5 Å². The van der Waals surface area contributed by atoms with E-state index in [1.807, 2.05) is 0 Å². The second-order valence-corrected chi connectivity index (χ2v) is 4.72. The highest BCUT2D eigenvalue weighted by Gasteiger charge is 2.36. The predicted octanol–water partition coefficient (Wildman–Crippen LogP) is 1.13. The number of hydrogen-bond donors (Lipinski definition) is 1. The zero-order valence-corrected chi connectivity index (χ0v) is 11.2. The number of fused-ring (bicyclic) bond motifs is 1. The van der Waals surface area contributed by atoms with Gasteiger partial charge in [0.2, 0.25) is 0 Å². The number of nitrogens with one attached hydrogen (secondary N) is 1. The molecule has 0 spiro atoms. The molecule has 0 radical (unpaired) electrons. The van der Waals surface area contributed by atoms with Crippen LogP contribution in [0.25, 0.3) is 0 Å². The van der Waals surface area contributed by atoms with E-state index in [1.165, 1.54) is 22.8 Å². The molecule has 0 bridgehead atoms. The number of pyridine rings is 1. The second kappa shape index (κ2) is 4.92. The number of nitro benzene ring substituents is 1. The quantitative estimate of drug-likeness (QED) is 0.520. The fourth-order valence-corrected chi connectivity index (χ4v) is 2.27. The normalized spacial score (nSPS) is 13.4. The van der Waals surface area contributed by atoms with Gasteiger partial charge in [0.15, 0.2) is 0 Å². The molecule has 0 unspecified atom stereocenters. The molecule has 8 nitrogen and oxygen atoms in total. The summed E-state index contributed by atoms with van der Waals surface area (Å²) < 4.78 is 1.43. The summed E-state index contributed by atoms with van der Waals surface area (Å²) >= 11 is 0. The van der Waals surface area contributed by atoms with Gasteiger partial charge in [-0.3, -0.25) is 30.0 Å². The van der Waals surface area contributed by atoms with Crippen molar-refractivity contribution in [3.8, 4) is 0 Å². The van der Waals surface area contributed by atoms with Crippen LogP contribution in [0.3, 0.4) is 0 Å². The largest absolute Gasteiger partial charge is 0.315 e. The molecule has 0 saturated carbocycles. The molecule has 1 aromatic heterocycles. The van der Waals surface area contributed by atoms with Gasteiger partial charge < -0.3 is 4.57 Å². The molecule has 2 heterocycles. The molecule has 3 rings (SSSR count). The minimum absolute atomic E-state index is 0.0160. The number of nitro groups is 1. The second-order valence-electron chi connectivity index (χ2n) is 4.72. The van der Waals surface area contributed by atoms with Crippen LogP contribution >= 0.6 is 0 Å². The summed E-state index contributed by atoms with van der Waals surface area (Å²) in [4.78, 5) is 35.7. The third kappa shape index (κ3) is 2.06. The highest BCUT2D eigenvalue weighted by atomic mass is 16.6. The minimum Gasteiger partial charge on any atom is -0.315 e. The van der Waals surface area contributed by atoms with Gasteiger partial charge in [-0.2, -0.15) is 0 Å². The van der Waals surface area contributed by atoms with E-state index in [2.05, 4.69) is 0 Å². The van der Waals surface area contributed by atoms with Crippen LogP contribution in [0.4, 0.5) is 5.69 Å². The maximum absolute atomic E-state index is 12.3. The Morgan fingerprint density at radius 2 is 1.82 bits per heavy atom. The minimum atomic E-state index is -0.617. The number of carbonyl (C=O) groups is 2. The van der Waals surface area contributed by atoms with Crippen LogP contribution in [0.2, 0.25) is 0 Å². The van der Waals surface area contributed by atoms with Gasteiger partial charge in [-0.05, 0) is 18.2 Å². The van der Waals surface area contributed by atoms with E-state index in [0.717, 1.165) is 11.0 Å². The summed E-state index contributed by atoms with van der Waals surface area (Å²) in [6.07, 6.45) is 1.58. The number of nitrogens with zero attached hydrogens (tertiary/aromatic N) is 3. The molecule has 2 amide bonds. The van der Waals surface area contributed by atoms with Crippen molar-refractivity contribution in [1.29, 1.82) is 5.41 Å². The summed E-state index contributed by atoms with van der Waals surface area (Å²) in [5.74, 6) is -1.12. The number of benzene rings is 1. The first-order valence-corrected chi connectivity index (χ1v) is 6.34. The smallest absolute Gasteiger partial charge is 0.270 e. The lowest BCUT2D eigenvalue weighted by molar-refractivity contribution is -0.384. The number of carbonyl (C=O) groups excluding carboxylic acids is 2. The first-order valence-electron chi connectivity index (χ1n) is 6.34. The van der Waals surface area contributed by atoms with E-state index >= 15 is 0 Å². The van der Waals surface area contributed by atoms with Crippen LogP contribution in [-0.4, -0.2) is 26.2 Å². The summed E-state index contributed by atoms with van der Waals surface area (Å²) in [7, 11) is 0. The zero-order chi connectivity index (χ0) is 15.9. The number of aromatic nitrogens is 1. The summed E-state index contributed by atoms with van der Waals surface area (Å²) in [6, 6.07) is 8.46. The Balaban J connectivity index is 1.98. The number of hydrogen-bond acceptors (Lipinski definition) is 5. The van der Waals surface area contributed by atoms with Gasteiger partial charge in [0, 0.05) is 18.3 Å². The number of imide groups is 1. The Morgan fingerprint density at radius 3 is 2.50 bits per heavy atom. The molecule has 1 N–H and O–H groups in total. The lowest BCUT2D eigenvalue weighted by atomic mass is 10.1. The van der Waals surface area contributed by atoms with Gasteiger partial charge in [-0.1, -0.05) is 6.07 Å². The molecule has 0 aliphatic carbocycles. The SMILES string of the molecule is N=c1ccccn1CN1C(=O)c2ccc([N+](=O)[O-])cc2C1=O. The summed E-state index contributed by atoms with van der Waals surface area (Å²) in [5.41, 5.74) is 0.0567. The predicted molar refractivity (Wildman–Crippen MR) is 73.9 cm³/mol. The van der Waals surface area contributed by atoms with Crippen LogP contribution in [-0.2, 0) is 6.67 Å². The lowest BCUT2D eigenvalue weighted by Gasteiger charge is -2.15. The third-order valence-corrected chi connectivity index (χ3v) is 3.40. The highest BCUT2D eigenvalue weighted by Crippen LogP contribution is 2.26. The van der Waals surface area contributed by atoms with Crippen molar-refractivity contribution >= 4 is 17.5 Å². The molecule has 110 valence electrons. The number of rotatable bonds is 3. The van der Waals surface area contributed by atoms with Crippen molar-refractivity contribution < 1.29 is 14.5 Å². The van der Waals surface area contributed by atoms with Crippen LogP contribution < -0.4 is 5.49 Å². The molecule has 0 saturated heterocycles. The van der Waals surface area contributed by atoms with E-state index < -0.39 is 16.7 Å².